The van der Waals surface area contributed by atoms with Gasteiger partial charge in [-0.3, -0.25) is 4.79 Å². The molecule has 0 bridgehead atoms. The topological polar surface area (TPSA) is 23.6 Å². The molecule has 1 aliphatic heterocycles. The number of hydrogen-bond donors (Lipinski definition) is 0. The Kier molecular flexibility index (Phi) is 5.46. The van der Waals surface area contributed by atoms with Crippen LogP contribution in [0.25, 0.3) is 0 Å². The number of amides is 1. The van der Waals surface area contributed by atoms with Crippen molar-refractivity contribution in [3.63, 3.8) is 0 Å². The highest BCUT2D eigenvalue weighted by Gasteiger charge is 2.20. The van der Waals surface area contributed by atoms with Gasteiger partial charge in [0.15, 0.2) is 0 Å². The molecule has 0 atom stereocenters. The Morgan fingerprint density at radius 1 is 1.12 bits per heavy atom. The van der Waals surface area contributed by atoms with Crippen LogP contribution in [0.15, 0.2) is 53.4 Å². The van der Waals surface area contributed by atoms with Crippen molar-refractivity contribution in [1.29, 1.82) is 0 Å². The first-order chi connectivity index (χ1) is 11.6. The molecule has 3 nitrogen and oxygen atoms in total. The lowest BCUT2D eigenvalue weighted by atomic mass is 10.1. The fraction of sp³-hybridized carbons (Fsp3) is 0.350. The van der Waals surface area contributed by atoms with Gasteiger partial charge in [0.2, 0.25) is 5.91 Å². The summed E-state index contributed by atoms with van der Waals surface area (Å²) in [5, 5.41) is 0. The molecule has 0 aromatic heterocycles. The molecule has 4 heteroatoms. The number of anilines is 2. The maximum atomic E-state index is 12.8. The Bertz CT molecular complexity index is 697. The van der Waals surface area contributed by atoms with E-state index >= 15 is 0 Å². The van der Waals surface area contributed by atoms with Crippen LogP contribution in [0, 0.1) is 0 Å². The summed E-state index contributed by atoms with van der Waals surface area (Å²) < 4.78 is 0. The van der Waals surface area contributed by atoms with Crippen LogP contribution in [0.4, 0.5) is 11.4 Å². The van der Waals surface area contributed by atoms with Gasteiger partial charge in [-0.15, -0.1) is 11.8 Å². The van der Waals surface area contributed by atoms with Gasteiger partial charge in [-0.1, -0.05) is 24.3 Å². The summed E-state index contributed by atoms with van der Waals surface area (Å²) in [5.41, 5.74) is 3.47. The summed E-state index contributed by atoms with van der Waals surface area (Å²) in [6.07, 6.45) is 2.39. The summed E-state index contributed by atoms with van der Waals surface area (Å²) in [6, 6.07) is 16.7. The van der Waals surface area contributed by atoms with E-state index in [4.69, 9.17) is 0 Å². The highest BCUT2D eigenvalue weighted by molar-refractivity contribution is 7.99. The zero-order valence-electron chi connectivity index (χ0n) is 14.4. The molecule has 0 N–H and O–H groups in total. The number of carbonyl (C=O) groups excluding carboxylic acids is 1. The van der Waals surface area contributed by atoms with Gasteiger partial charge in [0.05, 0.1) is 5.69 Å². The number of benzene rings is 2. The Labute approximate surface area is 148 Å². The van der Waals surface area contributed by atoms with Crippen molar-refractivity contribution in [2.24, 2.45) is 0 Å². The molecule has 0 unspecified atom stereocenters. The van der Waals surface area contributed by atoms with Crippen LogP contribution >= 0.6 is 11.8 Å². The van der Waals surface area contributed by atoms with Gasteiger partial charge in [0.25, 0.3) is 0 Å². The summed E-state index contributed by atoms with van der Waals surface area (Å²) >= 11 is 1.85. The minimum absolute atomic E-state index is 0.224. The predicted octanol–water partition coefficient (Wildman–Crippen LogP) is 4.21. The molecule has 0 fully saturated rings. The largest absolute Gasteiger partial charge is 0.378 e. The zero-order valence-corrected chi connectivity index (χ0v) is 15.2. The Morgan fingerprint density at radius 3 is 2.62 bits per heavy atom. The first-order valence-electron chi connectivity index (χ1n) is 8.43. The number of thioether (sulfide) groups is 1. The molecule has 0 spiro atoms. The quantitative estimate of drug-likeness (QED) is 0.833. The number of hydrogen-bond acceptors (Lipinski definition) is 3. The normalized spacial score (nSPS) is 14.0. The van der Waals surface area contributed by atoms with E-state index < -0.39 is 0 Å². The molecular formula is C20H24N2OS. The molecular weight excluding hydrogens is 316 g/mol. The molecule has 1 amide bonds. The Morgan fingerprint density at radius 2 is 1.88 bits per heavy atom. The number of carbonyl (C=O) groups is 1. The van der Waals surface area contributed by atoms with E-state index in [1.165, 1.54) is 16.1 Å². The minimum atomic E-state index is 0.224. The van der Waals surface area contributed by atoms with Crippen molar-refractivity contribution < 1.29 is 4.79 Å². The van der Waals surface area contributed by atoms with Crippen molar-refractivity contribution in [3.05, 3.63) is 54.1 Å². The first-order valence-corrected chi connectivity index (χ1v) is 9.42. The Balaban J connectivity index is 1.66. The summed E-state index contributed by atoms with van der Waals surface area (Å²) in [4.78, 5) is 18.1. The van der Waals surface area contributed by atoms with Crippen LogP contribution in [-0.2, 0) is 11.2 Å². The van der Waals surface area contributed by atoms with Gasteiger partial charge in [-0.2, -0.15) is 0 Å². The molecule has 2 aromatic carbocycles. The lowest BCUT2D eigenvalue weighted by Crippen LogP contribution is -2.32. The molecule has 1 aliphatic rings. The number of rotatable bonds is 4. The highest BCUT2D eigenvalue weighted by Crippen LogP contribution is 2.33. The van der Waals surface area contributed by atoms with Gasteiger partial charge < -0.3 is 9.80 Å². The molecule has 24 heavy (non-hydrogen) atoms. The van der Waals surface area contributed by atoms with Crippen LogP contribution in [0.1, 0.15) is 18.4 Å². The first kappa shape index (κ1) is 16.9. The monoisotopic (exact) mass is 340 g/mol. The number of fused-ring (bicyclic) bond motifs is 1. The third-order valence-corrected chi connectivity index (χ3v) is 5.47. The van der Waals surface area contributed by atoms with Gasteiger partial charge in [0, 0.05) is 37.6 Å². The van der Waals surface area contributed by atoms with Gasteiger partial charge in [-0.05, 0) is 48.4 Å². The third kappa shape index (κ3) is 3.93. The fourth-order valence-corrected chi connectivity index (χ4v) is 3.93. The van der Waals surface area contributed by atoms with Crippen LogP contribution in [0.5, 0.6) is 0 Å². The number of nitrogens with zero attached hydrogens (tertiary/aromatic N) is 2. The molecule has 0 aliphatic carbocycles. The smallest absolute Gasteiger partial charge is 0.227 e. The van der Waals surface area contributed by atoms with Crippen LogP contribution in [-0.4, -0.2) is 32.3 Å². The van der Waals surface area contributed by atoms with Gasteiger partial charge in [-0.25, -0.2) is 0 Å². The minimum Gasteiger partial charge on any atom is -0.378 e. The molecule has 0 saturated heterocycles. The summed E-state index contributed by atoms with van der Waals surface area (Å²) in [6.45, 7) is 0.822. The highest BCUT2D eigenvalue weighted by atomic mass is 32.2. The van der Waals surface area contributed by atoms with E-state index in [0.717, 1.165) is 30.8 Å². The maximum absolute atomic E-state index is 12.8. The van der Waals surface area contributed by atoms with Gasteiger partial charge in [0.1, 0.15) is 0 Å². The molecule has 1 heterocycles. The lowest BCUT2D eigenvalue weighted by molar-refractivity contribution is -0.118. The van der Waals surface area contributed by atoms with Crippen LogP contribution < -0.4 is 9.80 Å². The van der Waals surface area contributed by atoms with Crippen molar-refractivity contribution in [3.8, 4) is 0 Å². The van der Waals surface area contributed by atoms with E-state index in [0.29, 0.717) is 6.42 Å². The second-order valence-corrected chi connectivity index (χ2v) is 7.41. The van der Waals surface area contributed by atoms with Crippen molar-refractivity contribution in [2.45, 2.75) is 24.2 Å². The zero-order chi connectivity index (χ0) is 16.9. The molecule has 126 valence electrons. The molecule has 3 rings (SSSR count). The summed E-state index contributed by atoms with van der Waals surface area (Å²) in [5.74, 6) is 1.30. The number of aryl methyl sites for hydroxylation is 1. The van der Waals surface area contributed by atoms with E-state index in [2.05, 4.69) is 41.3 Å². The van der Waals surface area contributed by atoms with E-state index in [1.54, 1.807) is 0 Å². The second-order valence-electron chi connectivity index (χ2n) is 6.28. The lowest BCUT2D eigenvalue weighted by Gasteiger charge is -2.22. The van der Waals surface area contributed by atoms with Gasteiger partial charge >= 0.3 is 0 Å². The second kappa shape index (κ2) is 7.75. The van der Waals surface area contributed by atoms with E-state index in [9.17, 15) is 4.79 Å². The maximum Gasteiger partial charge on any atom is 0.227 e. The van der Waals surface area contributed by atoms with Crippen LogP contribution in [0.2, 0.25) is 0 Å². The Hall–Kier alpha value is -1.94. The molecule has 0 radical (unpaired) electrons. The van der Waals surface area contributed by atoms with Crippen molar-refractivity contribution in [2.75, 3.05) is 36.2 Å². The van der Waals surface area contributed by atoms with Crippen molar-refractivity contribution >= 4 is 29.0 Å². The van der Waals surface area contributed by atoms with E-state index in [1.807, 2.05) is 42.9 Å². The summed E-state index contributed by atoms with van der Waals surface area (Å²) in [7, 11) is 4.07. The number of para-hydroxylation sites is 1. The van der Waals surface area contributed by atoms with E-state index in [-0.39, 0.29) is 5.91 Å². The fourth-order valence-electron chi connectivity index (χ4n) is 2.93. The molecule has 0 saturated carbocycles. The molecule has 2 aromatic rings. The SMILES string of the molecule is CN(C)c1ccc(CCC(=O)N2CCCSc3ccccc32)cc1. The average molecular weight is 340 g/mol. The standard InChI is InChI=1S/C20H24N2OS/c1-21(2)17-11-8-16(9-12-17)10-13-20(23)22-14-5-15-24-19-7-4-3-6-18(19)22/h3-4,6-9,11-12H,5,10,13-15H2,1-2H3. The van der Waals surface area contributed by atoms with Crippen LogP contribution in [0.3, 0.4) is 0 Å². The predicted molar refractivity (Wildman–Crippen MR) is 103 cm³/mol. The van der Waals surface area contributed by atoms with Crippen molar-refractivity contribution in [1.82, 2.24) is 0 Å². The average Bonchev–Trinajstić information content (AvgIpc) is 2.82. The third-order valence-electron chi connectivity index (χ3n) is 4.32.